The molecule has 3 nitrogen and oxygen atoms in total. The Kier molecular flexibility index (Phi) is 3.44. The van der Waals surface area contributed by atoms with Crippen molar-refractivity contribution in [1.29, 1.82) is 0 Å². The molecule has 68 valence electrons. The Morgan fingerprint density at radius 1 is 1.75 bits per heavy atom. The molecule has 0 aromatic rings. The van der Waals surface area contributed by atoms with E-state index >= 15 is 0 Å². The largest absolute Gasteiger partial charge is 0.378 e. The second-order valence-electron chi connectivity index (χ2n) is 3.13. The minimum Gasteiger partial charge on any atom is -0.378 e. The topological polar surface area (TPSA) is 38.3 Å². The zero-order valence-electron chi connectivity index (χ0n) is 7.43. The molecule has 0 aromatic heterocycles. The minimum absolute atomic E-state index is 0.123. The Morgan fingerprint density at radius 2 is 2.50 bits per heavy atom. The van der Waals surface area contributed by atoms with E-state index in [-0.39, 0.29) is 11.8 Å². The summed E-state index contributed by atoms with van der Waals surface area (Å²) >= 11 is 0. The third-order valence-electron chi connectivity index (χ3n) is 1.91. The average molecular weight is 169 g/mol. The highest BCUT2D eigenvalue weighted by atomic mass is 16.5. The van der Waals surface area contributed by atoms with E-state index in [1.807, 2.05) is 0 Å². The van der Waals surface area contributed by atoms with E-state index < -0.39 is 0 Å². The van der Waals surface area contributed by atoms with Crippen LogP contribution in [0, 0.1) is 0 Å². The summed E-state index contributed by atoms with van der Waals surface area (Å²) in [6.07, 6.45) is 0.509. The number of allylic oxidation sites excluding steroid dienone is 1. The second-order valence-corrected chi connectivity index (χ2v) is 3.13. The van der Waals surface area contributed by atoms with E-state index in [2.05, 4.69) is 11.9 Å². The van der Waals surface area contributed by atoms with Crippen LogP contribution in [0.4, 0.5) is 0 Å². The number of nitrogens with one attached hydrogen (secondary N) is 1. The van der Waals surface area contributed by atoms with Crippen molar-refractivity contribution in [2.45, 2.75) is 19.4 Å². The average Bonchev–Trinajstić information content (AvgIpc) is 2.06. The molecular formula is C9H15NO2. The van der Waals surface area contributed by atoms with Gasteiger partial charge in [-0.2, -0.15) is 0 Å². The molecule has 1 aliphatic heterocycles. The fourth-order valence-corrected chi connectivity index (χ4v) is 1.15. The fourth-order valence-electron chi connectivity index (χ4n) is 1.15. The standard InChI is InChI=1S/C9H15NO2/c1-7(2)9(11)5-8-6-12-4-3-10-8/h8,10H,1,3-6H2,2H3. The molecule has 1 aliphatic rings. The number of rotatable bonds is 3. The van der Waals surface area contributed by atoms with Crippen molar-refractivity contribution < 1.29 is 9.53 Å². The molecule has 3 heteroatoms. The molecule has 0 aromatic carbocycles. The van der Waals surface area contributed by atoms with Crippen LogP contribution in [-0.4, -0.2) is 31.6 Å². The maximum atomic E-state index is 11.2. The molecule has 0 saturated carbocycles. The van der Waals surface area contributed by atoms with Gasteiger partial charge in [-0.25, -0.2) is 0 Å². The van der Waals surface area contributed by atoms with Crippen molar-refractivity contribution in [1.82, 2.24) is 5.32 Å². The summed E-state index contributed by atoms with van der Waals surface area (Å²) in [5.41, 5.74) is 0.627. The summed E-state index contributed by atoms with van der Waals surface area (Å²) in [6.45, 7) is 7.57. The monoisotopic (exact) mass is 169 g/mol. The number of hydrogen-bond acceptors (Lipinski definition) is 3. The van der Waals surface area contributed by atoms with E-state index in [4.69, 9.17) is 4.74 Å². The molecule has 0 amide bonds. The molecule has 0 bridgehead atoms. The summed E-state index contributed by atoms with van der Waals surface area (Å²) in [5, 5.41) is 3.22. The molecule has 1 heterocycles. The number of ketones is 1. The van der Waals surface area contributed by atoms with Crippen LogP contribution < -0.4 is 5.32 Å². The van der Waals surface area contributed by atoms with Gasteiger partial charge in [0.25, 0.3) is 0 Å². The van der Waals surface area contributed by atoms with Gasteiger partial charge in [-0.15, -0.1) is 0 Å². The van der Waals surface area contributed by atoms with Crippen LogP contribution in [0.25, 0.3) is 0 Å². The number of morpholine rings is 1. The van der Waals surface area contributed by atoms with E-state index in [0.717, 1.165) is 13.2 Å². The minimum atomic E-state index is 0.123. The van der Waals surface area contributed by atoms with Crippen molar-refractivity contribution in [3.8, 4) is 0 Å². The molecule has 0 radical (unpaired) electrons. The Hall–Kier alpha value is -0.670. The zero-order chi connectivity index (χ0) is 8.97. The summed E-state index contributed by atoms with van der Waals surface area (Å²) in [5.74, 6) is 0.123. The number of Topliss-reactive ketones (excluding diaryl/α,β-unsaturated/α-hetero) is 1. The lowest BCUT2D eigenvalue weighted by molar-refractivity contribution is -0.116. The maximum Gasteiger partial charge on any atom is 0.159 e. The lowest BCUT2D eigenvalue weighted by atomic mass is 10.1. The van der Waals surface area contributed by atoms with Crippen LogP contribution >= 0.6 is 0 Å². The van der Waals surface area contributed by atoms with Crippen LogP contribution in [0.2, 0.25) is 0 Å². The first kappa shape index (κ1) is 9.42. The molecule has 0 aliphatic carbocycles. The second kappa shape index (κ2) is 4.38. The van der Waals surface area contributed by atoms with Gasteiger partial charge >= 0.3 is 0 Å². The van der Waals surface area contributed by atoms with Crippen LogP contribution in [0.5, 0.6) is 0 Å². The summed E-state index contributed by atoms with van der Waals surface area (Å²) in [6, 6.07) is 0.183. The summed E-state index contributed by atoms with van der Waals surface area (Å²) < 4.78 is 5.22. The van der Waals surface area contributed by atoms with Gasteiger partial charge in [0.05, 0.1) is 13.2 Å². The number of carbonyl (C=O) groups excluding carboxylic acids is 1. The SMILES string of the molecule is C=C(C)C(=O)CC1COCCN1. The normalized spacial score (nSPS) is 23.6. The first-order valence-electron chi connectivity index (χ1n) is 4.20. The van der Waals surface area contributed by atoms with Crippen molar-refractivity contribution in [3.63, 3.8) is 0 Å². The van der Waals surface area contributed by atoms with Crippen LogP contribution in [0.1, 0.15) is 13.3 Å². The quantitative estimate of drug-likeness (QED) is 0.626. The van der Waals surface area contributed by atoms with Crippen molar-refractivity contribution in [2.75, 3.05) is 19.8 Å². The van der Waals surface area contributed by atoms with Crippen molar-refractivity contribution in [2.24, 2.45) is 0 Å². The molecule has 1 N–H and O–H groups in total. The van der Waals surface area contributed by atoms with Gasteiger partial charge < -0.3 is 10.1 Å². The van der Waals surface area contributed by atoms with E-state index in [9.17, 15) is 4.79 Å². The predicted molar refractivity (Wildman–Crippen MR) is 47.0 cm³/mol. The Morgan fingerprint density at radius 3 is 3.00 bits per heavy atom. The van der Waals surface area contributed by atoms with E-state index in [1.54, 1.807) is 6.92 Å². The first-order valence-corrected chi connectivity index (χ1v) is 4.20. The van der Waals surface area contributed by atoms with Gasteiger partial charge in [0.2, 0.25) is 0 Å². The van der Waals surface area contributed by atoms with E-state index in [1.165, 1.54) is 0 Å². The van der Waals surface area contributed by atoms with Crippen LogP contribution in [0.15, 0.2) is 12.2 Å². The van der Waals surface area contributed by atoms with E-state index in [0.29, 0.717) is 18.6 Å². The van der Waals surface area contributed by atoms with Crippen molar-refractivity contribution in [3.05, 3.63) is 12.2 Å². The van der Waals surface area contributed by atoms with Crippen LogP contribution in [0.3, 0.4) is 0 Å². The third-order valence-corrected chi connectivity index (χ3v) is 1.91. The predicted octanol–water partition coefficient (Wildman–Crippen LogP) is 0.510. The molecular weight excluding hydrogens is 154 g/mol. The Balaban J connectivity index is 2.29. The van der Waals surface area contributed by atoms with Crippen molar-refractivity contribution >= 4 is 5.78 Å². The molecule has 1 fully saturated rings. The lowest BCUT2D eigenvalue weighted by Crippen LogP contribution is -2.42. The van der Waals surface area contributed by atoms with Gasteiger partial charge in [0.15, 0.2) is 5.78 Å². The molecule has 1 atom stereocenters. The molecule has 1 rings (SSSR count). The first-order chi connectivity index (χ1) is 5.70. The van der Waals surface area contributed by atoms with Gasteiger partial charge in [-0.3, -0.25) is 4.79 Å². The number of hydrogen-bond donors (Lipinski definition) is 1. The van der Waals surface area contributed by atoms with Gasteiger partial charge in [-0.05, 0) is 12.5 Å². The highest BCUT2D eigenvalue weighted by molar-refractivity contribution is 5.94. The third kappa shape index (κ3) is 2.75. The Bertz CT molecular complexity index is 183. The smallest absolute Gasteiger partial charge is 0.159 e. The highest BCUT2D eigenvalue weighted by Crippen LogP contribution is 2.03. The number of ether oxygens (including phenoxy) is 1. The lowest BCUT2D eigenvalue weighted by Gasteiger charge is -2.22. The molecule has 12 heavy (non-hydrogen) atoms. The van der Waals surface area contributed by atoms with Gasteiger partial charge in [0, 0.05) is 19.0 Å². The number of carbonyl (C=O) groups is 1. The Labute approximate surface area is 72.8 Å². The fraction of sp³-hybridized carbons (Fsp3) is 0.667. The van der Waals surface area contributed by atoms with Gasteiger partial charge in [0.1, 0.15) is 0 Å². The van der Waals surface area contributed by atoms with Crippen LogP contribution in [-0.2, 0) is 9.53 Å². The summed E-state index contributed by atoms with van der Waals surface area (Å²) in [4.78, 5) is 11.2. The summed E-state index contributed by atoms with van der Waals surface area (Å²) in [7, 11) is 0. The molecule has 1 unspecified atom stereocenters. The molecule has 0 spiro atoms. The van der Waals surface area contributed by atoms with Gasteiger partial charge in [-0.1, -0.05) is 6.58 Å². The molecule has 1 saturated heterocycles. The zero-order valence-corrected chi connectivity index (χ0v) is 7.43. The maximum absolute atomic E-state index is 11.2. The highest BCUT2D eigenvalue weighted by Gasteiger charge is 2.16.